The summed E-state index contributed by atoms with van der Waals surface area (Å²) in [6.07, 6.45) is 1.63. The van der Waals surface area contributed by atoms with Gasteiger partial charge in [0.1, 0.15) is 23.5 Å². The molecule has 2 aliphatic rings. The third kappa shape index (κ3) is 4.73. The van der Waals surface area contributed by atoms with Crippen LogP contribution in [0.5, 0.6) is 5.75 Å². The minimum Gasteiger partial charge on any atom is -0.488 e. The zero-order chi connectivity index (χ0) is 21.1. The van der Waals surface area contributed by atoms with E-state index < -0.39 is 11.6 Å². The molecule has 5 nitrogen and oxygen atoms in total. The topological polar surface area (TPSA) is 54.9 Å². The normalized spacial score (nSPS) is 23.3. The van der Waals surface area contributed by atoms with Crippen LogP contribution >= 0.6 is 0 Å². The smallest absolute Gasteiger partial charge is 0.191 e. The van der Waals surface area contributed by atoms with Gasteiger partial charge in [0.2, 0.25) is 0 Å². The minimum absolute atomic E-state index is 0.0491. The van der Waals surface area contributed by atoms with Crippen LogP contribution in [0.15, 0.2) is 41.4 Å². The zero-order valence-electron chi connectivity index (χ0n) is 17.3. The van der Waals surface area contributed by atoms with Crippen molar-refractivity contribution in [2.24, 2.45) is 4.99 Å². The average molecular weight is 415 g/mol. The molecule has 0 amide bonds. The Balaban J connectivity index is 1.36. The highest BCUT2D eigenvalue weighted by atomic mass is 19.1. The SMILES string of the molecule is CN=C(NCc1ccc(C)cc1OC1CCOC1)NC1CC1c1c(F)cccc1F. The summed E-state index contributed by atoms with van der Waals surface area (Å²) in [5.41, 5.74) is 2.30. The van der Waals surface area contributed by atoms with Gasteiger partial charge in [0.05, 0.1) is 13.2 Å². The van der Waals surface area contributed by atoms with Crippen LogP contribution in [-0.2, 0) is 11.3 Å². The number of halogens is 2. The van der Waals surface area contributed by atoms with Crippen LogP contribution in [0.2, 0.25) is 0 Å². The van der Waals surface area contributed by atoms with Crippen molar-refractivity contribution in [1.82, 2.24) is 10.6 Å². The van der Waals surface area contributed by atoms with E-state index in [1.54, 1.807) is 7.05 Å². The predicted octanol–water partition coefficient (Wildman–Crippen LogP) is 3.66. The summed E-state index contributed by atoms with van der Waals surface area (Å²) in [5.74, 6) is 0.251. The molecular weight excluding hydrogens is 388 g/mol. The number of rotatable bonds is 6. The van der Waals surface area contributed by atoms with E-state index >= 15 is 0 Å². The highest BCUT2D eigenvalue weighted by Gasteiger charge is 2.42. The van der Waals surface area contributed by atoms with Crippen molar-refractivity contribution in [1.29, 1.82) is 0 Å². The van der Waals surface area contributed by atoms with E-state index in [0.29, 0.717) is 25.5 Å². The van der Waals surface area contributed by atoms with Crippen molar-refractivity contribution in [2.75, 3.05) is 20.3 Å². The number of hydrogen-bond acceptors (Lipinski definition) is 3. The van der Waals surface area contributed by atoms with Crippen molar-refractivity contribution in [3.8, 4) is 5.75 Å². The number of nitrogens with zero attached hydrogens (tertiary/aromatic N) is 1. The van der Waals surface area contributed by atoms with Crippen molar-refractivity contribution in [3.05, 3.63) is 64.7 Å². The fourth-order valence-corrected chi connectivity index (χ4v) is 3.79. The number of benzene rings is 2. The number of nitrogens with one attached hydrogen (secondary N) is 2. The Hall–Kier alpha value is -2.67. The summed E-state index contributed by atoms with van der Waals surface area (Å²) in [5, 5.41) is 6.55. The van der Waals surface area contributed by atoms with Gasteiger partial charge in [-0.3, -0.25) is 4.99 Å². The summed E-state index contributed by atoms with van der Waals surface area (Å²) < 4.78 is 39.6. The van der Waals surface area contributed by atoms with Crippen LogP contribution in [0.3, 0.4) is 0 Å². The van der Waals surface area contributed by atoms with Gasteiger partial charge in [0, 0.05) is 43.1 Å². The Bertz CT molecular complexity index is 908. The molecule has 160 valence electrons. The van der Waals surface area contributed by atoms with Gasteiger partial charge in [0.15, 0.2) is 5.96 Å². The van der Waals surface area contributed by atoms with Crippen LogP contribution in [0, 0.1) is 18.6 Å². The molecule has 3 unspecified atom stereocenters. The van der Waals surface area contributed by atoms with Gasteiger partial charge in [-0.05, 0) is 37.1 Å². The molecule has 1 saturated carbocycles. The van der Waals surface area contributed by atoms with E-state index in [4.69, 9.17) is 9.47 Å². The van der Waals surface area contributed by atoms with Gasteiger partial charge in [-0.15, -0.1) is 0 Å². The summed E-state index contributed by atoms with van der Waals surface area (Å²) in [6, 6.07) is 10.1. The second kappa shape index (κ2) is 9.00. The first kappa shape index (κ1) is 20.6. The van der Waals surface area contributed by atoms with Crippen LogP contribution in [0.25, 0.3) is 0 Å². The summed E-state index contributed by atoms with van der Waals surface area (Å²) in [7, 11) is 1.68. The monoisotopic (exact) mass is 415 g/mol. The molecule has 30 heavy (non-hydrogen) atoms. The number of ether oxygens (including phenoxy) is 2. The van der Waals surface area contributed by atoms with E-state index in [-0.39, 0.29) is 23.6 Å². The average Bonchev–Trinajstić information content (AvgIpc) is 3.26. The summed E-state index contributed by atoms with van der Waals surface area (Å²) >= 11 is 0. The Labute approximate surface area is 175 Å². The van der Waals surface area contributed by atoms with Crippen molar-refractivity contribution >= 4 is 5.96 Å². The van der Waals surface area contributed by atoms with Gasteiger partial charge in [-0.2, -0.15) is 0 Å². The number of aryl methyl sites for hydroxylation is 1. The fraction of sp³-hybridized carbons (Fsp3) is 0.435. The van der Waals surface area contributed by atoms with Gasteiger partial charge in [-0.25, -0.2) is 8.78 Å². The molecule has 1 aliphatic carbocycles. The first-order valence-electron chi connectivity index (χ1n) is 10.3. The molecule has 2 N–H and O–H groups in total. The third-order valence-electron chi connectivity index (χ3n) is 5.56. The van der Waals surface area contributed by atoms with Gasteiger partial charge >= 0.3 is 0 Å². The number of hydrogen-bond donors (Lipinski definition) is 2. The molecule has 2 aromatic carbocycles. The molecule has 0 bridgehead atoms. The molecule has 2 fully saturated rings. The molecule has 0 radical (unpaired) electrons. The first-order valence-corrected chi connectivity index (χ1v) is 10.3. The van der Waals surface area contributed by atoms with Gasteiger partial charge in [0.25, 0.3) is 0 Å². The lowest BCUT2D eigenvalue weighted by molar-refractivity contribution is 0.140. The van der Waals surface area contributed by atoms with Crippen LogP contribution in [0.4, 0.5) is 8.78 Å². The molecule has 1 saturated heterocycles. The van der Waals surface area contributed by atoms with Crippen LogP contribution in [-0.4, -0.2) is 38.4 Å². The van der Waals surface area contributed by atoms with Crippen LogP contribution in [0.1, 0.15) is 35.4 Å². The van der Waals surface area contributed by atoms with Gasteiger partial charge < -0.3 is 20.1 Å². The molecule has 3 atom stereocenters. The lowest BCUT2D eigenvalue weighted by atomic mass is 10.1. The van der Waals surface area contributed by atoms with E-state index in [9.17, 15) is 8.78 Å². The Morgan fingerprint density at radius 2 is 2.03 bits per heavy atom. The number of aliphatic imine (C=N–C) groups is 1. The maximum atomic E-state index is 14.0. The highest BCUT2D eigenvalue weighted by molar-refractivity contribution is 5.80. The minimum atomic E-state index is -0.496. The fourth-order valence-electron chi connectivity index (χ4n) is 3.79. The molecule has 0 spiro atoms. The molecule has 1 aliphatic heterocycles. The summed E-state index contributed by atoms with van der Waals surface area (Å²) in [4.78, 5) is 4.25. The van der Waals surface area contributed by atoms with E-state index in [1.165, 1.54) is 18.2 Å². The second-order valence-corrected chi connectivity index (χ2v) is 7.87. The Kier molecular flexibility index (Phi) is 6.18. The largest absolute Gasteiger partial charge is 0.488 e. The maximum Gasteiger partial charge on any atom is 0.191 e. The Morgan fingerprint density at radius 1 is 1.23 bits per heavy atom. The lowest BCUT2D eigenvalue weighted by Crippen LogP contribution is -2.38. The third-order valence-corrected chi connectivity index (χ3v) is 5.56. The van der Waals surface area contributed by atoms with Crippen molar-refractivity contribution < 1.29 is 18.3 Å². The van der Waals surface area contributed by atoms with E-state index in [2.05, 4.69) is 15.6 Å². The van der Waals surface area contributed by atoms with Gasteiger partial charge in [-0.1, -0.05) is 18.2 Å². The summed E-state index contributed by atoms with van der Waals surface area (Å²) in [6.45, 7) is 3.89. The molecule has 0 aromatic heterocycles. The quantitative estimate of drug-likeness (QED) is 0.559. The molecule has 1 heterocycles. The van der Waals surface area contributed by atoms with Crippen LogP contribution < -0.4 is 15.4 Å². The first-order chi connectivity index (χ1) is 14.5. The lowest BCUT2D eigenvalue weighted by Gasteiger charge is -2.18. The maximum absolute atomic E-state index is 14.0. The molecular formula is C23H27F2N3O2. The zero-order valence-corrected chi connectivity index (χ0v) is 17.3. The van der Waals surface area contributed by atoms with E-state index in [1.807, 2.05) is 25.1 Å². The molecule has 4 rings (SSSR count). The van der Waals surface area contributed by atoms with Crippen molar-refractivity contribution in [2.45, 2.75) is 44.4 Å². The molecule has 7 heteroatoms. The predicted molar refractivity (Wildman–Crippen MR) is 112 cm³/mol. The second-order valence-electron chi connectivity index (χ2n) is 7.87. The number of guanidine groups is 1. The highest BCUT2D eigenvalue weighted by Crippen LogP contribution is 2.43. The standard InChI is InChI=1S/C23H27F2N3O2/c1-14-6-7-15(21(10-14)30-16-8-9-29-13-16)12-27-23(26-2)28-20-11-17(20)22-18(24)4-3-5-19(22)25/h3-7,10,16-17,20H,8-9,11-13H2,1-2H3,(H2,26,27,28). The Morgan fingerprint density at radius 3 is 2.73 bits per heavy atom. The van der Waals surface area contributed by atoms with Crippen molar-refractivity contribution in [3.63, 3.8) is 0 Å². The van der Waals surface area contributed by atoms with E-state index in [0.717, 1.165) is 29.9 Å². The molecule has 2 aromatic rings.